The number of aliphatic hydroxyl groups excluding tert-OH is 1. The summed E-state index contributed by atoms with van der Waals surface area (Å²) in [6.45, 7) is 6.13. The van der Waals surface area contributed by atoms with Crippen LogP contribution in [-0.4, -0.2) is 41.8 Å². The molecule has 1 saturated carbocycles. The minimum absolute atomic E-state index is 0.177. The number of carbonyl (C=O) groups excluding carboxylic acids is 1. The molecule has 0 radical (unpaired) electrons. The topological polar surface area (TPSA) is 134 Å². The largest absolute Gasteiger partial charge is 0.466 e. The first-order chi connectivity index (χ1) is 10.4. The lowest BCUT2D eigenvalue weighted by molar-refractivity contribution is -0.151. The number of esters is 1. The lowest BCUT2D eigenvalue weighted by atomic mass is 9.81. The molecule has 0 amide bonds. The lowest BCUT2D eigenvalue weighted by Crippen LogP contribution is -2.52. The molecule has 0 aromatic heterocycles. The molecule has 1 rings (SSSR count). The molecule has 1 aliphatic rings. The van der Waals surface area contributed by atoms with Crippen molar-refractivity contribution in [2.45, 2.75) is 58.2 Å². The van der Waals surface area contributed by atoms with Gasteiger partial charge >= 0.3 is 5.97 Å². The zero-order valence-electron chi connectivity index (χ0n) is 13.7. The molecule has 0 aromatic carbocycles. The van der Waals surface area contributed by atoms with E-state index in [1.807, 2.05) is 0 Å². The molecular weight excluding hydrogens is 284 g/mol. The SMILES string of the molecule is CCOC(=O)[C@H]1C[C@@H](NC(=N)N)[C@H](C(N)C(CC)CC)[C@@H]1O. The first kappa shape index (κ1) is 18.7. The molecule has 5 atom stereocenters. The Morgan fingerprint density at radius 2 is 2.00 bits per heavy atom. The van der Waals surface area contributed by atoms with E-state index in [0.717, 1.165) is 12.8 Å². The van der Waals surface area contributed by atoms with E-state index >= 15 is 0 Å². The van der Waals surface area contributed by atoms with Gasteiger partial charge in [0.25, 0.3) is 0 Å². The van der Waals surface area contributed by atoms with E-state index in [4.69, 9.17) is 21.6 Å². The van der Waals surface area contributed by atoms with Gasteiger partial charge in [0.15, 0.2) is 5.96 Å². The average Bonchev–Trinajstić information content (AvgIpc) is 2.76. The van der Waals surface area contributed by atoms with E-state index in [1.54, 1.807) is 6.92 Å². The van der Waals surface area contributed by atoms with Crippen LogP contribution in [0.3, 0.4) is 0 Å². The van der Waals surface area contributed by atoms with Crippen molar-refractivity contribution in [2.75, 3.05) is 6.61 Å². The van der Waals surface area contributed by atoms with Gasteiger partial charge in [-0.25, -0.2) is 0 Å². The van der Waals surface area contributed by atoms with Gasteiger partial charge in [0.1, 0.15) is 0 Å². The van der Waals surface area contributed by atoms with Crippen molar-refractivity contribution in [3.8, 4) is 0 Å². The van der Waals surface area contributed by atoms with Crippen LogP contribution in [0.15, 0.2) is 0 Å². The highest BCUT2D eigenvalue weighted by Gasteiger charge is 2.50. The van der Waals surface area contributed by atoms with Gasteiger partial charge in [0.05, 0.1) is 18.6 Å². The van der Waals surface area contributed by atoms with Gasteiger partial charge in [-0.2, -0.15) is 0 Å². The number of nitrogens with two attached hydrogens (primary N) is 2. The number of hydrogen-bond acceptors (Lipinski definition) is 5. The Morgan fingerprint density at radius 1 is 1.41 bits per heavy atom. The Morgan fingerprint density at radius 3 is 2.45 bits per heavy atom. The summed E-state index contributed by atoms with van der Waals surface area (Å²) >= 11 is 0. The van der Waals surface area contributed by atoms with Gasteiger partial charge in [0, 0.05) is 18.0 Å². The van der Waals surface area contributed by atoms with E-state index < -0.39 is 18.0 Å². The van der Waals surface area contributed by atoms with E-state index in [0.29, 0.717) is 6.42 Å². The molecule has 7 N–H and O–H groups in total. The summed E-state index contributed by atoms with van der Waals surface area (Å²) in [6.07, 6.45) is 1.29. The number of nitrogens with one attached hydrogen (secondary N) is 2. The maximum atomic E-state index is 12.0. The molecule has 0 aliphatic heterocycles. The molecule has 0 heterocycles. The van der Waals surface area contributed by atoms with Crippen molar-refractivity contribution in [1.82, 2.24) is 5.32 Å². The maximum absolute atomic E-state index is 12.0. The van der Waals surface area contributed by atoms with Crippen LogP contribution < -0.4 is 16.8 Å². The number of ether oxygens (including phenoxy) is 1. The molecule has 1 fully saturated rings. The fourth-order valence-electron chi connectivity index (χ4n) is 3.56. The van der Waals surface area contributed by atoms with Crippen LogP contribution in [0.25, 0.3) is 0 Å². The van der Waals surface area contributed by atoms with Gasteiger partial charge < -0.3 is 26.6 Å². The van der Waals surface area contributed by atoms with E-state index in [9.17, 15) is 9.90 Å². The molecule has 0 aromatic rings. The highest BCUT2D eigenvalue weighted by atomic mass is 16.5. The van der Waals surface area contributed by atoms with Gasteiger partial charge in [-0.3, -0.25) is 10.2 Å². The minimum Gasteiger partial charge on any atom is -0.466 e. The summed E-state index contributed by atoms with van der Waals surface area (Å²) in [4.78, 5) is 12.0. The number of rotatable bonds is 7. The van der Waals surface area contributed by atoms with Crippen molar-refractivity contribution >= 4 is 11.9 Å². The van der Waals surface area contributed by atoms with Gasteiger partial charge in [0.2, 0.25) is 0 Å². The summed E-state index contributed by atoms with van der Waals surface area (Å²) < 4.78 is 5.04. The monoisotopic (exact) mass is 314 g/mol. The van der Waals surface area contributed by atoms with Crippen LogP contribution in [0.1, 0.15) is 40.0 Å². The molecule has 0 saturated heterocycles. The molecule has 1 aliphatic carbocycles. The van der Waals surface area contributed by atoms with Crippen LogP contribution in [0.2, 0.25) is 0 Å². The molecule has 22 heavy (non-hydrogen) atoms. The van der Waals surface area contributed by atoms with Crippen molar-refractivity contribution in [3.05, 3.63) is 0 Å². The number of aliphatic hydroxyl groups is 1. The van der Waals surface area contributed by atoms with E-state index in [1.165, 1.54) is 0 Å². The molecule has 1 unspecified atom stereocenters. The second-order valence-electron chi connectivity index (χ2n) is 5.98. The zero-order valence-corrected chi connectivity index (χ0v) is 13.7. The first-order valence-electron chi connectivity index (χ1n) is 8.08. The lowest BCUT2D eigenvalue weighted by Gasteiger charge is -2.33. The standard InChI is InChI=1S/C15H30N4O3/c1-4-8(5-2)12(16)11-10(19-15(17)18)7-9(13(11)20)14(21)22-6-3/h8-13,20H,4-7,16H2,1-3H3,(H4,17,18,19)/t9-,10+,11+,12?,13+/m0/s1. The zero-order chi connectivity index (χ0) is 16.9. The van der Waals surface area contributed by atoms with Crippen LogP contribution >= 0.6 is 0 Å². The van der Waals surface area contributed by atoms with Crippen LogP contribution in [0, 0.1) is 23.2 Å². The molecule has 0 bridgehead atoms. The molecular formula is C15H30N4O3. The van der Waals surface area contributed by atoms with Crippen molar-refractivity contribution in [2.24, 2.45) is 29.2 Å². The second-order valence-corrected chi connectivity index (χ2v) is 5.98. The van der Waals surface area contributed by atoms with E-state index in [2.05, 4.69) is 19.2 Å². The summed E-state index contributed by atoms with van der Waals surface area (Å²) in [5.74, 6) is -1.30. The van der Waals surface area contributed by atoms with Crippen LogP contribution in [0.5, 0.6) is 0 Å². The quantitative estimate of drug-likeness (QED) is 0.258. The van der Waals surface area contributed by atoms with Crippen LogP contribution in [-0.2, 0) is 9.53 Å². The first-order valence-corrected chi connectivity index (χ1v) is 8.08. The highest BCUT2D eigenvalue weighted by molar-refractivity contribution is 5.76. The van der Waals surface area contributed by atoms with Crippen LogP contribution in [0.4, 0.5) is 0 Å². The Kier molecular flexibility index (Phi) is 7.09. The fraction of sp³-hybridized carbons (Fsp3) is 0.867. The third-order valence-electron chi connectivity index (χ3n) is 4.75. The molecule has 7 heteroatoms. The summed E-state index contributed by atoms with van der Waals surface area (Å²) in [5.41, 5.74) is 11.8. The van der Waals surface area contributed by atoms with E-state index in [-0.39, 0.29) is 36.5 Å². The van der Waals surface area contributed by atoms with Gasteiger partial charge in [-0.05, 0) is 19.3 Å². The Hall–Kier alpha value is -1.34. The van der Waals surface area contributed by atoms with Crippen molar-refractivity contribution in [3.63, 3.8) is 0 Å². The normalized spacial score (nSPS) is 29.4. The van der Waals surface area contributed by atoms with Gasteiger partial charge in [-0.1, -0.05) is 26.7 Å². The predicted molar refractivity (Wildman–Crippen MR) is 85.1 cm³/mol. The molecule has 0 spiro atoms. The number of carbonyl (C=O) groups is 1. The fourth-order valence-corrected chi connectivity index (χ4v) is 3.56. The number of hydrogen-bond donors (Lipinski definition) is 5. The minimum atomic E-state index is -0.883. The third-order valence-corrected chi connectivity index (χ3v) is 4.75. The summed E-state index contributed by atoms with van der Waals surface area (Å²) in [6, 6.07) is -0.557. The summed E-state index contributed by atoms with van der Waals surface area (Å²) in [7, 11) is 0. The third kappa shape index (κ3) is 4.10. The molecule has 7 nitrogen and oxygen atoms in total. The van der Waals surface area contributed by atoms with Gasteiger partial charge in [-0.15, -0.1) is 0 Å². The molecule has 128 valence electrons. The average molecular weight is 314 g/mol. The maximum Gasteiger partial charge on any atom is 0.311 e. The predicted octanol–water partition coefficient (Wildman–Crippen LogP) is 0.162. The number of guanidine groups is 1. The highest BCUT2D eigenvalue weighted by Crippen LogP contribution is 2.37. The van der Waals surface area contributed by atoms with Crippen molar-refractivity contribution < 1.29 is 14.6 Å². The van der Waals surface area contributed by atoms with Crippen molar-refractivity contribution in [1.29, 1.82) is 5.41 Å². The smallest absolute Gasteiger partial charge is 0.311 e. The Bertz CT molecular complexity index is 387. The second kappa shape index (κ2) is 8.33. The summed E-state index contributed by atoms with van der Waals surface area (Å²) in [5, 5.41) is 20.9. The Balaban J connectivity index is 2.97. The Labute approximate surface area is 132 Å².